The molecular weight excluding hydrogens is 386 g/mol. The summed E-state index contributed by atoms with van der Waals surface area (Å²) >= 11 is 0. The summed E-state index contributed by atoms with van der Waals surface area (Å²) in [4.78, 5) is 8.59. The zero-order valence-electron chi connectivity index (χ0n) is 18.2. The van der Waals surface area contributed by atoms with Gasteiger partial charge in [0.05, 0.1) is 19.0 Å². The lowest BCUT2D eigenvalue weighted by Gasteiger charge is -2.11. The van der Waals surface area contributed by atoms with Gasteiger partial charge in [-0.3, -0.25) is 0 Å². The van der Waals surface area contributed by atoms with E-state index in [-0.39, 0.29) is 6.61 Å². The second-order valence-corrected chi connectivity index (χ2v) is 7.55. The van der Waals surface area contributed by atoms with Gasteiger partial charge in [-0.15, -0.1) is 0 Å². The summed E-state index contributed by atoms with van der Waals surface area (Å²) in [7, 11) is 0. The van der Waals surface area contributed by atoms with Gasteiger partial charge in [-0.1, -0.05) is 46.0 Å². The maximum Gasteiger partial charge on any atom is 0.159 e. The van der Waals surface area contributed by atoms with Gasteiger partial charge in [0.1, 0.15) is 24.7 Å². The number of hydrogen-bond donors (Lipinski definition) is 0. The maximum absolute atomic E-state index is 13.8. The molecular formula is C24H34F2N2O2. The second-order valence-electron chi connectivity index (χ2n) is 7.55. The Kier molecular flexibility index (Phi) is 11.1. The highest BCUT2D eigenvalue weighted by Gasteiger charge is 2.09. The summed E-state index contributed by atoms with van der Waals surface area (Å²) in [5.74, 6) is 1.70. The van der Waals surface area contributed by atoms with Gasteiger partial charge in [-0.2, -0.15) is 0 Å². The Balaban J connectivity index is 1.76. The SMILES string of the molecule is CCCCC[C@@H](F)COc1cnc(-c2ccc(OCC[C@@H](F)CCCC)cc2)nc1. The first-order valence-corrected chi connectivity index (χ1v) is 11.1. The van der Waals surface area contributed by atoms with Crippen molar-refractivity contribution in [3.05, 3.63) is 36.7 Å². The summed E-state index contributed by atoms with van der Waals surface area (Å²) in [6.45, 7) is 4.54. The molecule has 6 heteroatoms. The van der Waals surface area contributed by atoms with E-state index in [2.05, 4.69) is 23.8 Å². The van der Waals surface area contributed by atoms with Crippen LogP contribution in [0.15, 0.2) is 36.7 Å². The Morgan fingerprint density at radius 3 is 2.10 bits per heavy atom. The topological polar surface area (TPSA) is 44.2 Å². The predicted octanol–water partition coefficient (Wildman–Crippen LogP) is 6.74. The summed E-state index contributed by atoms with van der Waals surface area (Å²) in [5.41, 5.74) is 0.836. The van der Waals surface area contributed by atoms with Crippen molar-refractivity contribution in [2.45, 2.75) is 77.6 Å². The minimum absolute atomic E-state index is 0.0244. The largest absolute Gasteiger partial charge is 0.493 e. The van der Waals surface area contributed by atoms with Gasteiger partial charge in [-0.05, 0) is 37.1 Å². The molecule has 0 aliphatic heterocycles. The Hall–Kier alpha value is -2.24. The lowest BCUT2D eigenvalue weighted by atomic mass is 10.1. The summed E-state index contributed by atoms with van der Waals surface area (Å²) in [5, 5.41) is 0. The van der Waals surface area contributed by atoms with Crippen molar-refractivity contribution in [2.75, 3.05) is 13.2 Å². The van der Waals surface area contributed by atoms with E-state index in [9.17, 15) is 8.78 Å². The first-order chi connectivity index (χ1) is 14.6. The predicted molar refractivity (Wildman–Crippen MR) is 117 cm³/mol. The first-order valence-electron chi connectivity index (χ1n) is 11.1. The van der Waals surface area contributed by atoms with Gasteiger partial charge < -0.3 is 9.47 Å². The van der Waals surface area contributed by atoms with Crippen LogP contribution in [0.1, 0.15) is 65.2 Å². The minimum atomic E-state index is -0.969. The van der Waals surface area contributed by atoms with Crippen LogP contribution >= 0.6 is 0 Å². The molecule has 1 aromatic heterocycles. The third-order valence-corrected chi connectivity index (χ3v) is 4.86. The third kappa shape index (κ3) is 9.06. The molecule has 0 bridgehead atoms. The smallest absolute Gasteiger partial charge is 0.159 e. The van der Waals surface area contributed by atoms with Gasteiger partial charge in [0.15, 0.2) is 11.6 Å². The Bertz CT molecular complexity index is 695. The van der Waals surface area contributed by atoms with Crippen LogP contribution in [0.5, 0.6) is 11.5 Å². The standard InChI is InChI=1S/C24H34F2N2O2/c1-3-5-7-9-21(26)18-30-23-16-27-24(28-17-23)19-10-12-22(13-11-19)29-15-14-20(25)8-6-4-2/h10-13,16-17,20-21H,3-9,14-15,18H2,1-2H3/t20-,21+/m0/s1. The molecule has 0 saturated heterocycles. The molecule has 0 aliphatic rings. The van der Waals surface area contributed by atoms with Crippen LogP contribution in [0.2, 0.25) is 0 Å². The second kappa shape index (κ2) is 13.9. The highest BCUT2D eigenvalue weighted by molar-refractivity contribution is 5.56. The molecule has 30 heavy (non-hydrogen) atoms. The normalized spacial score (nSPS) is 13.1. The van der Waals surface area contributed by atoms with Crippen LogP contribution < -0.4 is 9.47 Å². The van der Waals surface area contributed by atoms with Gasteiger partial charge >= 0.3 is 0 Å². The maximum atomic E-state index is 13.8. The molecule has 0 amide bonds. The molecule has 0 N–H and O–H groups in total. The zero-order chi connectivity index (χ0) is 21.6. The molecule has 0 aliphatic carbocycles. The van der Waals surface area contributed by atoms with Crippen LogP contribution in [0, 0.1) is 0 Å². The number of benzene rings is 1. The number of nitrogens with zero attached hydrogens (tertiary/aromatic N) is 2. The van der Waals surface area contributed by atoms with Gasteiger partial charge in [0.2, 0.25) is 0 Å². The number of unbranched alkanes of at least 4 members (excludes halogenated alkanes) is 3. The van der Waals surface area contributed by atoms with Crippen LogP contribution in [-0.4, -0.2) is 35.5 Å². The van der Waals surface area contributed by atoms with E-state index in [0.717, 1.165) is 37.7 Å². The molecule has 0 radical (unpaired) electrons. The molecule has 0 spiro atoms. The van der Waals surface area contributed by atoms with Gasteiger partial charge in [0.25, 0.3) is 0 Å². The molecule has 2 rings (SSSR count). The van der Waals surface area contributed by atoms with Crippen molar-refractivity contribution in [1.29, 1.82) is 0 Å². The van der Waals surface area contributed by atoms with E-state index in [0.29, 0.717) is 43.2 Å². The number of alkyl halides is 2. The third-order valence-electron chi connectivity index (χ3n) is 4.86. The number of aromatic nitrogens is 2. The van der Waals surface area contributed by atoms with Crippen molar-refractivity contribution >= 4 is 0 Å². The lowest BCUT2D eigenvalue weighted by molar-refractivity contribution is 0.183. The highest BCUT2D eigenvalue weighted by Crippen LogP contribution is 2.21. The number of rotatable bonds is 15. The number of halogens is 2. The van der Waals surface area contributed by atoms with Crippen molar-refractivity contribution in [3.63, 3.8) is 0 Å². The minimum Gasteiger partial charge on any atom is -0.493 e. The van der Waals surface area contributed by atoms with Crippen LogP contribution in [0.3, 0.4) is 0 Å². The molecule has 0 unspecified atom stereocenters. The van der Waals surface area contributed by atoms with E-state index in [4.69, 9.17) is 9.47 Å². The van der Waals surface area contributed by atoms with Crippen molar-refractivity contribution < 1.29 is 18.3 Å². The molecule has 4 nitrogen and oxygen atoms in total. The first kappa shape index (κ1) is 24.0. The van der Waals surface area contributed by atoms with E-state index < -0.39 is 12.3 Å². The number of ether oxygens (including phenoxy) is 2. The molecule has 1 aromatic carbocycles. The zero-order valence-corrected chi connectivity index (χ0v) is 18.2. The van der Waals surface area contributed by atoms with E-state index in [1.807, 2.05) is 24.3 Å². The molecule has 0 fully saturated rings. The molecule has 2 atom stereocenters. The molecule has 2 aromatic rings. The van der Waals surface area contributed by atoms with Crippen molar-refractivity contribution in [1.82, 2.24) is 9.97 Å². The molecule has 166 valence electrons. The van der Waals surface area contributed by atoms with Crippen LogP contribution in [-0.2, 0) is 0 Å². The number of hydrogen-bond acceptors (Lipinski definition) is 4. The van der Waals surface area contributed by atoms with Crippen LogP contribution in [0.25, 0.3) is 11.4 Å². The monoisotopic (exact) mass is 420 g/mol. The van der Waals surface area contributed by atoms with E-state index in [1.54, 1.807) is 12.4 Å². The fourth-order valence-corrected chi connectivity index (χ4v) is 3.00. The fourth-order valence-electron chi connectivity index (χ4n) is 3.00. The van der Waals surface area contributed by atoms with E-state index in [1.165, 1.54) is 0 Å². The van der Waals surface area contributed by atoms with Gasteiger partial charge in [-0.25, -0.2) is 18.7 Å². The van der Waals surface area contributed by atoms with Crippen molar-refractivity contribution in [2.24, 2.45) is 0 Å². The fraction of sp³-hybridized carbons (Fsp3) is 0.583. The Labute approximate surface area is 179 Å². The molecule has 1 heterocycles. The Morgan fingerprint density at radius 2 is 1.43 bits per heavy atom. The summed E-state index contributed by atoms with van der Waals surface area (Å²) in [6.07, 6.45) is 7.78. The molecule has 0 saturated carbocycles. The lowest BCUT2D eigenvalue weighted by Crippen LogP contribution is -2.13. The summed E-state index contributed by atoms with van der Waals surface area (Å²) < 4.78 is 38.5. The van der Waals surface area contributed by atoms with Crippen LogP contribution in [0.4, 0.5) is 8.78 Å². The van der Waals surface area contributed by atoms with Gasteiger partial charge in [0, 0.05) is 12.0 Å². The average Bonchev–Trinajstić information content (AvgIpc) is 2.77. The Morgan fingerprint density at radius 1 is 0.767 bits per heavy atom. The quantitative estimate of drug-likeness (QED) is 0.299. The van der Waals surface area contributed by atoms with Crippen molar-refractivity contribution in [3.8, 4) is 22.9 Å². The highest BCUT2D eigenvalue weighted by atomic mass is 19.1. The average molecular weight is 421 g/mol. The summed E-state index contributed by atoms with van der Waals surface area (Å²) in [6, 6.07) is 7.37. The van der Waals surface area contributed by atoms with E-state index >= 15 is 0 Å².